The number of rotatable bonds is 3. The molecule has 0 amide bonds. The number of fused-ring (bicyclic) bond motifs is 1. The van der Waals surface area contributed by atoms with Crippen molar-refractivity contribution in [2.24, 2.45) is 0 Å². The first-order valence-electron chi connectivity index (χ1n) is 6.82. The monoisotopic (exact) mass is 280 g/mol. The highest BCUT2D eigenvalue weighted by atomic mass is 16.5. The summed E-state index contributed by atoms with van der Waals surface area (Å²) in [5, 5.41) is 0. The zero-order chi connectivity index (χ0) is 14.9. The number of benzene rings is 1. The average Bonchev–Trinajstić information content (AvgIpc) is 2.98. The molecule has 0 unspecified atom stereocenters. The third-order valence-electron chi connectivity index (χ3n) is 3.26. The molecule has 3 nitrogen and oxygen atoms in total. The van der Waals surface area contributed by atoms with E-state index in [1.165, 1.54) is 12.3 Å². The van der Waals surface area contributed by atoms with Gasteiger partial charge in [-0.05, 0) is 55.8 Å². The molecule has 0 radical (unpaired) electrons. The largest absolute Gasteiger partial charge is 0.483 e. The molecular weight excluding hydrogens is 264 g/mol. The van der Waals surface area contributed by atoms with Crippen LogP contribution in [-0.4, -0.2) is 11.4 Å². The first-order chi connectivity index (χ1) is 10.0. The lowest BCUT2D eigenvalue weighted by atomic mass is 10.0. The van der Waals surface area contributed by atoms with Crippen molar-refractivity contribution in [3.63, 3.8) is 0 Å². The Balaban J connectivity index is 1.81. The summed E-state index contributed by atoms with van der Waals surface area (Å²) in [5.74, 6) is 1.05. The molecule has 2 heterocycles. The highest BCUT2D eigenvalue weighted by molar-refractivity contribution is 6.04. The van der Waals surface area contributed by atoms with E-state index in [0.29, 0.717) is 5.76 Å². The summed E-state index contributed by atoms with van der Waals surface area (Å²) in [5.41, 5.74) is 1.68. The summed E-state index contributed by atoms with van der Waals surface area (Å²) < 4.78 is 10.9. The van der Waals surface area contributed by atoms with E-state index in [1.54, 1.807) is 18.2 Å². The number of carbonyl (C=O) groups excluding carboxylic acids is 1. The smallest absolute Gasteiger partial charge is 0.221 e. The second-order valence-electron chi connectivity index (χ2n) is 5.51. The zero-order valence-electron chi connectivity index (χ0n) is 12.0. The van der Waals surface area contributed by atoms with E-state index in [9.17, 15) is 4.79 Å². The number of allylic oxidation sites excluding steroid dienone is 1. The molecule has 106 valence electrons. The predicted molar refractivity (Wildman–Crippen MR) is 82.3 cm³/mol. The van der Waals surface area contributed by atoms with Gasteiger partial charge in [-0.3, -0.25) is 4.79 Å². The van der Waals surface area contributed by atoms with Gasteiger partial charge < -0.3 is 9.15 Å². The number of ketones is 1. The van der Waals surface area contributed by atoms with Crippen LogP contribution in [-0.2, 0) is 0 Å². The normalized spacial score (nSPS) is 15.7. The van der Waals surface area contributed by atoms with Gasteiger partial charge in [0.05, 0.1) is 6.26 Å². The lowest BCUT2D eigenvalue weighted by molar-refractivity contribution is 0.102. The van der Waals surface area contributed by atoms with Gasteiger partial charge in [0, 0.05) is 5.56 Å². The van der Waals surface area contributed by atoms with Gasteiger partial charge in [-0.1, -0.05) is 18.2 Å². The summed E-state index contributed by atoms with van der Waals surface area (Å²) in [7, 11) is 0. The molecule has 1 aromatic heterocycles. The van der Waals surface area contributed by atoms with E-state index in [1.807, 2.05) is 44.2 Å². The summed E-state index contributed by atoms with van der Waals surface area (Å²) in [6.07, 6.45) is 8.85. The molecule has 2 aromatic rings. The van der Waals surface area contributed by atoms with Gasteiger partial charge in [-0.2, -0.15) is 0 Å². The fraction of sp³-hybridized carbons (Fsp3) is 0.167. The maximum Gasteiger partial charge on any atom is 0.221 e. The van der Waals surface area contributed by atoms with Crippen molar-refractivity contribution >= 4 is 17.9 Å². The molecule has 0 fully saturated rings. The van der Waals surface area contributed by atoms with Crippen LogP contribution in [0.15, 0.2) is 53.2 Å². The minimum absolute atomic E-state index is 0.148. The first kappa shape index (κ1) is 13.4. The molecule has 0 atom stereocenters. The van der Waals surface area contributed by atoms with E-state index in [2.05, 4.69) is 0 Å². The van der Waals surface area contributed by atoms with Crippen molar-refractivity contribution in [1.29, 1.82) is 0 Å². The Morgan fingerprint density at radius 3 is 2.86 bits per heavy atom. The van der Waals surface area contributed by atoms with Gasteiger partial charge in [-0.15, -0.1) is 0 Å². The lowest BCUT2D eigenvalue weighted by Gasteiger charge is -2.27. The van der Waals surface area contributed by atoms with Crippen LogP contribution in [0.4, 0.5) is 0 Å². The molecule has 0 aliphatic carbocycles. The van der Waals surface area contributed by atoms with Gasteiger partial charge in [0.15, 0.2) is 5.76 Å². The Labute approximate surface area is 123 Å². The molecule has 1 aliphatic rings. The van der Waals surface area contributed by atoms with Gasteiger partial charge in [0.1, 0.15) is 11.4 Å². The third-order valence-corrected chi connectivity index (χ3v) is 3.26. The van der Waals surface area contributed by atoms with Crippen LogP contribution in [0.3, 0.4) is 0 Å². The molecule has 0 bridgehead atoms. The van der Waals surface area contributed by atoms with Crippen molar-refractivity contribution in [2.45, 2.75) is 19.4 Å². The van der Waals surface area contributed by atoms with E-state index >= 15 is 0 Å². The molecule has 0 spiro atoms. The molecule has 0 N–H and O–H groups in total. The molecule has 1 aromatic carbocycles. The van der Waals surface area contributed by atoms with Crippen LogP contribution in [0.5, 0.6) is 5.75 Å². The number of ether oxygens (including phenoxy) is 1. The summed E-state index contributed by atoms with van der Waals surface area (Å²) in [6, 6.07) is 9.20. The third kappa shape index (κ3) is 2.97. The SMILES string of the molecule is CC1(C)C=Cc2cc(/C=C/C(=O)c3ccco3)ccc2O1. The standard InChI is InChI=1S/C18H16O3/c1-18(2)10-9-14-12-13(6-8-16(14)21-18)5-7-15(19)17-4-3-11-20-17/h3-12H,1-2H3/b7-5+. The quantitative estimate of drug-likeness (QED) is 0.619. The molecular formula is C18H16O3. The van der Waals surface area contributed by atoms with Crippen molar-refractivity contribution in [1.82, 2.24) is 0 Å². The molecule has 0 saturated heterocycles. The lowest BCUT2D eigenvalue weighted by Crippen LogP contribution is -2.27. The molecule has 21 heavy (non-hydrogen) atoms. The fourth-order valence-electron chi connectivity index (χ4n) is 2.17. The van der Waals surface area contributed by atoms with Crippen molar-refractivity contribution in [3.8, 4) is 5.75 Å². The summed E-state index contributed by atoms with van der Waals surface area (Å²) in [6.45, 7) is 4.03. The fourth-order valence-corrected chi connectivity index (χ4v) is 2.17. The Morgan fingerprint density at radius 1 is 1.24 bits per heavy atom. The average molecular weight is 280 g/mol. The van der Waals surface area contributed by atoms with E-state index in [-0.39, 0.29) is 11.4 Å². The summed E-state index contributed by atoms with van der Waals surface area (Å²) >= 11 is 0. The Kier molecular flexibility index (Phi) is 3.26. The molecule has 1 aliphatic heterocycles. The predicted octanol–water partition coefficient (Wildman–Crippen LogP) is 4.36. The number of carbonyl (C=O) groups is 1. The van der Waals surface area contributed by atoms with Crippen LogP contribution in [0, 0.1) is 0 Å². The van der Waals surface area contributed by atoms with Crippen LogP contribution >= 0.6 is 0 Å². The van der Waals surface area contributed by atoms with E-state index in [0.717, 1.165) is 16.9 Å². The molecule has 3 heteroatoms. The maximum atomic E-state index is 11.8. The highest BCUT2D eigenvalue weighted by Gasteiger charge is 2.21. The molecule has 0 saturated carbocycles. The van der Waals surface area contributed by atoms with Gasteiger partial charge >= 0.3 is 0 Å². The summed E-state index contributed by atoms with van der Waals surface area (Å²) in [4.78, 5) is 11.8. The Morgan fingerprint density at radius 2 is 2.10 bits per heavy atom. The van der Waals surface area contributed by atoms with Gasteiger partial charge in [0.2, 0.25) is 5.78 Å². The number of hydrogen-bond acceptors (Lipinski definition) is 3. The minimum Gasteiger partial charge on any atom is -0.483 e. The topological polar surface area (TPSA) is 39.4 Å². The van der Waals surface area contributed by atoms with Crippen molar-refractivity contribution in [2.75, 3.05) is 0 Å². The highest BCUT2D eigenvalue weighted by Crippen LogP contribution is 2.31. The van der Waals surface area contributed by atoms with Crippen LogP contribution in [0.2, 0.25) is 0 Å². The maximum absolute atomic E-state index is 11.8. The van der Waals surface area contributed by atoms with Crippen LogP contribution in [0.25, 0.3) is 12.2 Å². The van der Waals surface area contributed by atoms with Crippen molar-refractivity contribution in [3.05, 3.63) is 65.6 Å². The second-order valence-corrected chi connectivity index (χ2v) is 5.51. The van der Waals surface area contributed by atoms with Crippen LogP contribution in [0.1, 0.15) is 35.5 Å². The number of furan rings is 1. The first-order valence-corrected chi connectivity index (χ1v) is 6.82. The minimum atomic E-state index is -0.278. The zero-order valence-corrected chi connectivity index (χ0v) is 12.0. The Bertz CT molecular complexity index is 719. The van der Waals surface area contributed by atoms with Gasteiger partial charge in [-0.25, -0.2) is 0 Å². The van der Waals surface area contributed by atoms with Crippen molar-refractivity contribution < 1.29 is 13.9 Å². The molecule has 3 rings (SSSR count). The van der Waals surface area contributed by atoms with Crippen LogP contribution < -0.4 is 4.74 Å². The number of hydrogen-bond donors (Lipinski definition) is 0. The second kappa shape index (κ2) is 5.09. The van der Waals surface area contributed by atoms with E-state index in [4.69, 9.17) is 9.15 Å². The van der Waals surface area contributed by atoms with E-state index < -0.39 is 0 Å². The Hall–Kier alpha value is -2.55. The van der Waals surface area contributed by atoms with Gasteiger partial charge in [0.25, 0.3) is 0 Å².